The number of carbonyl (C=O) groups is 2. The van der Waals surface area contributed by atoms with E-state index < -0.39 is 4.92 Å². The average molecular weight is 565 g/mol. The van der Waals surface area contributed by atoms with Crippen molar-refractivity contribution >= 4 is 23.1 Å². The van der Waals surface area contributed by atoms with Crippen molar-refractivity contribution in [1.29, 1.82) is 0 Å². The Kier molecular flexibility index (Phi) is 8.37. The summed E-state index contributed by atoms with van der Waals surface area (Å²) in [5.41, 5.74) is 2.42. The summed E-state index contributed by atoms with van der Waals surface area (Å²) >= 11 is 0. The van der Waals surface area contributed by atoms with Crippen LogP contribution in [-0.4, -0.2) is 23.7 Å². The molecule has 0 unspecified atom stereocenters. The number of amides is 1. The van der Waals surface area contributed by atoms with Gasteiger partial charge in [-0.15, -0.1) is 0 Å². The standard InChI is InChI=1S/C34H48N2O5/c1-21(7-6-8-22(2)32(38)35-30-20-25(41-5)10-14-31(30)36(39)40)27-12-13-28-26-11-9-23-19-24(37)15-17-33(23,3)29(26)16-18-34(27,28)4/h10-11,14,20-23,27-29H,6-9,12-13,15-19H2,1-5H3,(H,35,38)/t21-,22+,23+,27-,28+,29+,33+,34-/m1/s1. The van der Waals surface area contributed by atoms with Gasteiger partial charge in [0, 0.05) is 30.9 Å². The number of anilines is 1. The third-order valence-corrected chi connectivity index (χ3v) is 12.1. The number of allylic oxidation sites excluding steroid dienone is 2. The number of fused-ring (bicyclic) bond motifs is 5. The number of ether oxygens (including phenoxy) is 1. The molecule has 0 saturated heterocycles. The zero-order valence-corrected chi connectivity index (χ0v) is 25.5. The van der Waals surface area contributed by atoms with E-state index in [9.17, 15) is 19.7 Å². The van der Waals surface area contributed by atoms with Crippen LogP contribution in [0.5, 0.6) is 5.75 Å². The zero-order chi connectivity index (χ0) is 29.5. The van der Waals surface area contributed by atoms with E-state index in [1.54, 1.807) is 5.57 Å². The van der Waals surface area contributed by atoms with E-state index in [-0.39, 0.29) is 23.2 Å². The Morgan fingerprint density at radius 3 is 2.61 bits per heavy atom. The van der Waals surface area contributed by atoms with Gasteiger partial charge in [0.05, 0.1) is 12.0 Å². The van der Waals surface area contributed by atoms with Gasteiger partial charge in [-0.2, -0.15) is 0 Å². The second-order valence-electron chi connectivity index (χ2n) is 14.2. The molecule has 4 aliphatic rings. The maximum atomic E-state index is 12.9. The first-order valence-corrected chi connectivity index (χ1v) is 15.8. The lowest BCUT2D eigenvalue weighted by Gasteiger charge is -2.57. The fourth-order valence-corrected chi connectivity index (χ4v) is 9.51. The first-order chi connectivity index (χ1) is 19.5. The monoisotopic (exact) mass is 564 g/mol. The number of methoxy groups -OCH3 is 1. The van der Waals surface area contributed by atoms with Crippen LogP contribution < -0.4 is 10.1 Å². The molecule has 8 atom stereocenters. The van der Waals surface area contributed by atoms with Crippen LogP contribution in [0.1, 0.15) is 98.3 Å². The highest BCUT2D eigenvalue weighted by molar-refractivity contribution is 5.94. The Bertz CT molecular complexity index is 1230. The maximum Gasteiger partial charge on any atom is 0.293 e. The van der Waals surface area contributed by atoms with Gasteiger partial charge in [-0.25, -0.2) is 0 Å². The second kappa shape index (κ2) is 11.5. The Hall–Kier alpha value is -2.70. The van der Waals surface area contributed by atoms with Gasteiger partial charge in [-0.05, 0) is 91.4 Å². The van der Waals surface area contributed by atoms with Crippen LogP contribution in [0.15, 0.2) is 29.8 Å². The lowest BCUT2D eigenvalue weighted by molar-refractivity contribution is -0.383. The normalized spacial score (nSPS) is 34.0. The van der Waals surface area contributed by atoms with E-state index in [0.717, 1.165) is 44.9 Å². The molecule has 1 N–H and O–H groups in total. The summed E-state index contributed by atoms with van der Waals surface area (Å²) in [7, 11) is 1.50. The Labute approximate surface area is 245 Å². The van der Waals surface area contributed by atoms with Gasteiger partial charge in [-0.1, -0.05) is 52.2 Å². The van der Waals surface area contributed by atoms with Gasteiger partial charge in [-0.3, -0.25) is 19.7 Å². The second-order valence-corrected chi connectivity index (χ2v) is 14.2. The first-order valence-electron chi connectivity index (χ1n) is 15.8. The van der Waals surface area contributed by atoms with Crippen LogP contribution in [0.25, 0.3) is 0 Å². The molecular weight excluding hydrogens is 516 g/mol. The molecule has 0 radical (unpaired) electrons. The average Bonchev–Trinajstić information content (AvgIpc) is 3.30. The summed E-state index contributed by atoms with van der Waals surface area (Å²) in [6, 6.07) is 4.40. The number of hydrogen-bond donors (Lipinski definition) is 1. The van der Waals surface area contributed by atoms with Crippen molar-refractivity contribution in [3.8, 4) is 5.75 Å². The number of ketones is 1. The van der Waals surface area contributed by atoms with E-state index in [1.807, 2.05) is 6.92 Å². The number of benzene rings is 1. The minimum Gasteiger partial charge on any atom is -0.497 e. The lowest BCUT2D eigenvalue weighted by atomic mass is 9.47. The predicted octanol–water partition coefficient (Wildman–Crippen LogP) is 8.13. The molecule has 1 amide bonds. The molecule has 224 valence electrons. The molecule has 4 aliphatic carbocycles. The number of nitrogens with zero attached hydrogens (tertiary/aromatic N) is 1. The smallest absolute Gasteiger partial charge is 0.293 e. The minimum absolute atomic E-state index is 0.131. The molecule has 0 spiro atoms. The number of hydrogen-bond acceptors (Lipinski definition) is 5. The quantitative estimate of drug-likeness (QED) is 0.185. The van der Waals surface area contributed by atoms with Crippen molar-refractivity contribution in [2.75, 3.05) is 12.4 Å². The van der Waals surface area contributed by atoms with E-state index in [4.69, 9.17) is 4.74 Å². The molecule has 1 aromatic carbocycles. The summed E-state index contributed by atoms with van der Waals surface area (Å²) < 4.78 is 5.19. The van der Waals surface area contributed by atoms with Gasteiger partial charge < -0.3 is 10.1 Å². The number of rotatable bonds is 9. The fraction of sp³-hybridized carbons (Fsp3) is 0.706. The summed E-state index contributed by atoms with van der Waals surface area (Å²) in [4.78, 5) is 36.1. The highest BCUT2D eigenvalue weighted by Gasteiger charge is 2.58. The van der Waals surface area contributed by atoms with Crippen LogP contribution in [0.3, 0.4) is 0 Å². The molecule has 3 fully saturated rings. The molecule has 3 saturated carbocycles. The molecule has 0 aromatic heterocycles. The van der Waals surface area contributed by atoms with Crippen molar-refractivity contribution in [2.24, 2.45) is 46.3 Å². The number of carbonyl (C=O) groups excluding carboxylic acids is 2. The van der Waals surface area contributed by atoms with Crippen molar-refractivity contribution in [2.45, 2.75) is 98.3 Å². The molecule has 7 nitrogen and oxygen atoms in total. The highest BCUT2D eigenvalue weighted by Crippen LogP contribution is 2.66. The third-order valence-electron chi connectivity index (χ3n) is 12.1. The largest absolute Gasteiger partial charge is 0.497 e. The fourth-order valence-electron chi connectivity index (χ4n) is 9.51. The molecule has 0 bridgehead atoms. The SMILES string of the molecule is COc1ccc([N+](=O)[O-])c(NC(=O)[C@@H](C)CCC[C@@H](C)[C@H]2CC[C@H]3C4=CC[C@H]5CC(=O)CC[C@]5(C)[C@H]4CC[C@]23C)c1. The Balaban J connectivity index is 1.17. The van der Waals surface area contributed by atoms with Gasteiger partial charge in [0.15, 0.2) is 0 Å². The first kappa shape index (κ1) is 29.8. The summed E-state index contributed by atoms with van der Waals surface area (Å²) in [6.45, 7) is 9.36. The van der Waals surface area contributed by atoms with E-state index >= 15 is 0 Å². The Morgan fingerprint density at radius 1 is 1.12 bits per heavy atom. The summed E-state index contributed by atoms with van der Waals surface area (Å²) in [6.07, 6.45) is 14.2. The number of nitro benzene ring substituents is 1. The number of nitrogens with one attached hydrogen (secondary N) is 1. The molecular formula is C34H48N2O5. The maximum absolute atomic E-state index is 12.9. The van der Waals surface area contributed by atoms with Gasteiger partial charge in [0.1, 0.15) is 17.2 Å². The van der Waals surface area contributed by atoms with E-state index in [1.165, 1.54) is 51.0 Å². The number of Topliss-reactive ketones (excluding diaryl/α,β-unsaturated/α-hetero) is 1. The predicted molar refractivity (Wildman–Crippen MR) is 161 cm³/mol. The van der Waals surface area contributed by atoms with Gasteiger partial charge in [0.2, 0.25) is 5.91 Å². The molecule has 7 heteroatoms. The topological polar surface area (TPSA) is 98.5 Å². The van der Waals surface area contributed by atoms with Crippen molar-refractivity contribution in [1.82, 2.24) is 0 Å². The zero-order valence-electron chi connectivity index (χ0n) is 25.5. The summed E-state index contributed by atoms with van der Waals surface area (Å²) in [5, 5.41) is 14.2. The van der Waals surface area contributed by atoms with Gasteiger partial charge in [0.25, 0.3) is 5.69 Å². The summed E-state index contributed by atoms with van der Waals surface area (Å²) in [5.74, 6) is 3.65. The van der Waals surface area contributed by atoms with Crippen molar-refractivity contribution in [3.05, 3.63) is 40.0 Å². The lowest BCUT2D eigenvalue weighted by Crippen LogP contribution is -2.49. The molecule has 0 heterocycles. The van der Waals surface area contributed by atoms with Crippen LogP contribution in [-0.2, 0) is 9.59 Å². The molecule has 5 rings (SSSR count). The van der Waals surface area contributed by atoms with E-state index in [0.29, 0.717) is 52.0 Å². The number of nitro groups is 1. The van der Waals surface area contributed by atoms with Crippen LogP contribution in [0.4, 0.5) is 11.4 Å². The minimum atomic E-state index is -0.484. The van der Waals surface area contributed by atoms with Crippen molar-refractivity contribution in [3.63, 3.8) is 0 Å². The molecule has 0 aliphatic heterocycles. The molecule has 1 aromatic rings. The van der Waals surface area contributed by atoms with Crippen LogP contribution in [0, 0.1) is 56.5 Å². The third kappa shape index (κ3) is 5.46. The molecule has 41 heavy (non-hydrogen) atoms. The highest BCUT2D eigenvalue weighted by atomic mass is 16.6. The van der Waals surface area contributed by atoms with Gasteiger partial charge >= 0.3 is 0 Å². The van der Waals surface area contributed by atoms with Crippen molar-refractivity contribution < 1.29 is 19.2 Å². The van der Waals surface area contributed by atoms with Crippen LogP contribution in [0.2, 0.25) is 0 Å². The van der Waals surface area contributed by atoms with E-state index in [2.05, 4.69) is 32.2 Å². The van der Waals surface area contributed by atoms with Crippen LogP contribution >= 0.6 is 0 Å². The Morgan fingerprint density at radius 2 is 1.88 bits per heavy atom.